The molecule has 130 valence electrons. The van der Waals surface area contributed by atoms with Crippen molar-refractivity contribution >= 4 is 27.5 Å². The van der Waals surface area contributed by atoms with Crippen LogP contribution in [0, 0.1) is 13.8 Å². The highest BCUT2D eigenvalue weighted by Gasteiger charge is 2.19. The van der Waals surface area contributed by atoms with Gasteiger partial charge in [0.25, 0.3) is 10.0 Å². The van der Waals surface area contributed by atoms with Crippen molar-refractivity contribution in [2.75, 3.05) is 10.0 Å². The standard InChI is InChI=1S/C16H21N3O4S/c1-4-5-6-15(20)17-13-7-9-14(10-8-13)24(21,22)19-16-11(2)12(3)18-23-16/h7-10,19H,4-6H2,1-3H3,(H,17,20). The number of aryl methyl sites for hydroxylation is 1. The number of nitrogens with zero attached hydrogens (tertiary/aromatic N) is 1. The molecule has 24 heavy (non-hydrogen) atoms. The molecule has 2 rings (SSSR count). The number of carbonyl (C=O) groups is 1. The average molecular weight is 351 g/mol. The first-order chi connectivity index (χ1) is 11.3. The fourth-order valence-electron chi connectivity index (χ4n) is 1.97. The second kappa shape index (κ2) is 7.48. The molecule has 0 atom stereocenters. The predicted molar refractivity (Wildman–Crippen MR) is 91.4 cm³/mol. The van der Waals surface area contributed by atoms with Gasteiger partial charge in [0, 0.05) is 17.7 Å². The quantitative estimate of drug-likeness (QED) is 0.797. The molecule has 0 fully saturated rings. The highest BCUT2D eigenvalue weighted by molar-refractivity contribution is 7.92. The van der Waals surface area contributed by atoms with Crippen LogP contribution in [0.2, 0.25) is 0 Å². The van der Waals surface area contributed by atoms with Crippen LogP contribution in [0.1, 0.15) is 37.4 Å². The minimum atomic E-state index is -3.78. The van der Waals surface area contributed by atoms with E-state index in [1.54, 1.807) is 26.0 Å². The second-order valence-electron chi connectivity index (χ2n) is 5.50. The third kappa shape index (κ3) is 4.35. The summed E-state index contributed by atoms with van der Waals surface area (Å²) in [6.07, 6.45) is 2.21. The van der Waals surface area contributed by atoms with Gasteiger partial charge in [0.15, 0.2) is 0 Å². The van der Waals surface area contributed by atoms with E-state index in [2.05, 4.69) is 15.2 Å². The smallest absolute Gasteiger partial charge is 0.264 e. The summed E-state index contributed by atoms with van der Waals surface area (Å²) >= 11 is 0. The highest BCUT2D eigenvalue weighted by Crippen LogP contribution is 2.22. The van der Waals surface area contributed by atoms with Crippen LogP contribution in [-0.4, -0.2) is 19.5 Å². The SMILES string of the molecule is CCCCC(=O)Nc1ccc(S(=O)(=O)Nc2onc(C)c2C)cc1. The topological polar surface area (TPSA) is 101 Å². The average Bonchev–Trinajstić information content (AvgIpc) is 2.85. The Bertz CT molecular complexity index is 810. The first-order valence-corrected chi connectivity index (χ1v) is 9.17. The minimum Gasteiger partial charge on any atom is -0.337 e. The summed E-state index contributed by atoms with van der Waals surface area (Å²) in [5.74, 6) is 0.0165. The van der Waals surface area contributed by atoms with Crippen LogP contribution in [0.25, 0.3) is 0 Å². The summed E-state index contributed by atoms with van der Waals surface area (Å²) in [5.41, 5.74) is 1.82. The number of aromatic nitrogens is 1. The molecule has 1 aromatic carbocycles. The van der Waals surface area contributed by atoms with E-state index < -0.39 is 10.0 Å². The lowest BCUT2D eigenvalue weighted by atomic mass is 10.2. The predicted octanol–water partition coefficient (Wildman–Crippen LogP) is 3.22. The summed E-state index contributed by atoms with van der Waals surface area (Å²) in [4.78, 5) is 11.7. The summed E-state index contributed by atoms with van der Waals surface area (Å²) < 4.78 is 32.0. The molecule has 2 N–H and O–H groups in total. The molecule has 7 nitrogen and oxygen atoms in total. The van der Waals surface area contributed by atoms with Gasteiger partial charge in [0.05, 0.1) is 10.6 Å². The first kappa shape index (κ1) is 18.0. The minimum absolute atomic E-state index is 0.0718. The van der Waals surface area contributed by atoms with Gasteiger partial charge in [-0.1, -0.05) is 18.5 Å². The number of hydrogen-bond acceptors (Lipinski definition) is 5. The van der Waals surface area contributed by atoms with Gasteiger partial charge in [-0.3, -0.25) is 4.79 Å². The molecule has 2 aromatic rings. The molecule has 0 aliphatic heterocycles. The molecule has 0 spiro atoms. The number of hydrogen-bond donors (Lipinski definition) is 2. The number of benzene rings is 1. The van der Waals surface area contributed by atoms with Crippen LogP contribution >= 0.6 is 0 Å². The molecule has 1 amide bonds. The van der Waals surface area contributed by atoms with Crippen LogP contribution in [-0.2, 0) is 14.8 Å². The zero-order valence-electron chi connectivity index (χ0n) is 13.9. The molecule has 0 aliphatic carbocycles. The summed E-state index contributed by atoms with van der Waals surface area (Å²) in [6.45, 7) is 5.46. The van der Waals surface area contributed by atoms with E-state index in [0.717, 1.165) is 12.8 Å². The number of unbranched alkanes of at least 4 members (excludes halogenated alkanes) is 1. The lowest BCUT2D eigenvalue weighted by Gasteiger charge is -2.08. The molecular weight excluding hydrogens is 330 g/mol. The van der Waals surface area contributed by atoms with E-state index in [1.807, 2.05) is 6.92 Å². The second-order valence-corrected chi connectivity index (χ2v) is 7.19. The largest absolute Gasteiger partial charge is 0.337 e. The van der Waals surface area contributed by atoms with E-state index in [4.69, 9.17) is 4.52 Å². The van der Waals surface area contributed by atoms with Gasteiger partial charge in [-0.15, -0.1) is 0 Å². The Kier molecular flexibility index (Phi) is 5.61. The monoisotopic (exact) mass is 351 g/mol. The Morgan fingerprint density at radius 2 is 1.88 bits per heavy atom. The van der Waals surface area contributed by atoms with Gasteiger partial charge in [-0.05, 0) is 44.5 Å². The third-order valence-electron chi connectivity index (χ3n) is 3.59. The van der Waals surface area contributed by atoms with Crippen LogP contribution in [0.15, 0.2) is 33.7 Å². The normalized spacial score (nSPS) is 11.3. The van der Waals surface area contributed by atoms with E-state index in [0.29, 0.717) is 23.4 Å². The number of anilines is 2. The Morgan fingerprint density at radius 3 is 2.42 bits per heavy atom. The molecule has 0 saturated carbocycles. The Morgan fingerprint density at radius 1 is 1.21 bits per heavy atom. The fraction of sp³-hybridized carbons (Fsp3) is 0.375. The van der Waals surface area contributed by atoms with Crippen molar-refractivity contribution in [1.82, 2.24) is 5.16 Å². The third-order valence-corrected chi connectivity index (χ3v) is 4.94. The number of sulfonamides is 1. The highest BCUT2D eigenvalue weighted by atomic mass is 32.2. The molecule has 0 unspecified atom stereocenters. The van der Waals surface area contributed by atoms with Gasteiger partial charge in [-0.2, -0.15) is 0 Å². The molecule has 0 saturated heterocycles. The molecule has 1 aromatic heterocycles. The molecule has 1 heterocycles. The van der Waals surface area contributed by atoms with Gasteiger partial charge < -0.3 is 9.84 Å². The zero-order chi connectivity index (χ0) is 17.7. The van der Waals surface area contributed by atoms with Crippen LogP contribution in [0.3, 0.4) is 0 Å². The summed E-state index contributed by atoms with van der Waals surface area (Å²) in [7, 11) is -3.78. The van der Waals surface area contributed by atoms with Crippen molar-refractivity contribution in [2.24, 2.45) is 0 Å². The number of nitrogens with one attached hydrogen (secondary N) is 2. The Labute approximate surface area is 141 Å². The Balaban J connectivity index is 2.09. The van der Waals surface area contributed by atoms with E-state index >= 15 is 0 Å². The van der Waals surface area contributed by atoms with Crippen molar-refractivity contribution in [3.8, 4) is 0 Å². The molecule has 0 bridgehead atoms. The fourth-order valence-corrected chi connectivity index (χ4v) is 3.02. The zero-order valence-corrected chi connectivity index (χ0v) is 14.7. The van der Waals surface area contributed by atoms with Crippen molar-refractivity contribution in [1.29, 1.82) is 0 Å². The van der Waals surface area contributed by atoms with Crippen molar-refractivity contribution in [3.63, 3.8) is 0 Å². The lowest BCUT2D eigenvalue weighted by molar-refractivity contribution is -0.116. The van der Waals surface area contributed by atoms with Crippen LogP contribution < -0.4 is 10.0 Å². The van der Waals surface area contributed by atoms with E-state index in [-0.39, 0.29) is 16.7 Å². The molecule has 8 heteroatoms. The Hall–Kier alpha value is -2.35. The van der Waals surface area contributed by atoms with Gasteiger partial charge >= 0.3 is 0 Å². The lowest BCUT2D eigenvalue weighted by Crippen LogP contribution is -2.14. The van der Waals surface area contributed by atoms with Crippen molar-refractivity contribution in [2.45, 2.75) is 44.9 Å². The molecule has 0 aliphatic rings. The van der Waals surface area contributed by atoms with Gasteiger partial charge in [-0.25, -0.2) is 13.1 Å². The van der Waals surface area contributed by atoms with Gasteiger partial charge in [0.2, 0.25) is 11.8 Å². The maximum Gasteiger partial charge on any atom is 0.264 e. The summed E-state index contributed by atoms with van der Waals surface area (Å²) in [5, 5.41) is 6.45. The maximum atomic E-state index is 12.4. The number of amides is 1. The first-order valence-electron chi connectivity index (χ1n) is 7.69. The number of rotatable bonds is 7. The van der Waals surface area contributed by atoms with Crippen LogP contribution in [0.5, 0.6) is 0 Å². The van der Waals surface area contributed by atoms with E-state index in [1.165, 1.54) is 12.1 Å². The number of carbonyl (C=O) groups excluding carboxylic acids is 1. The van der Waals surface area contributed by atoms with E-state index in [9.17, 15) is 13.2 Å². The van der Waals surface area contributed by atoms with Crippen molar-refractivity contribution < 1.29 is 17.7 Å². The van der Waals surface area contributed by atoms with Crippen LogP contribution in [0.4, 0.5) is 11.6 Å². The molecule has 0 radical (unpaired) electrons. The molecular formula is C16H21N3O4S. The van der Waals surface area contributed by atoms with Gasteiger partial charge in [0.1, 0.15) is 0 Å². The van der Waals surface area contributed by atoms with Crippen molar-refractivity contribution in [3.05, 3.63) is 35.5 Å². The summed E-state index contributed by atoms with van der Waals surface area (Å²) in [6, 6.07) is 5.96. The maximum absolute atomic E-state index is 12.4.